The molecular weight excluding hydrogens is 340 g/mol. The first-order valence-corrected chi connectivity index (χ1v) is 9.49. The van der Waals surface area contributed by atoms with Gasteiger partial charge in [0, 0.05) is 11.1 Å². The number of amides is 1. The number of sulfone groups is 1. The van der Waals surface area contributed by atoms with Crippen LogP contribution in [0.5, 0.6) is 0 Å². The highest BCUT2D eigenvalue weighted by Crippen LogP contribution is 2.19. The van der Waals surface area contributed by atoms with E-state index in [1.807, 2.05) is 32.0 Å². The van der Waals surface area contributed by atoms with Gasteiger partial charge in [0.25, 0.3) is 11.5 Å². The molecule has 1 aromatic heterocycles. The number of carbonyl (C=O) groups is 1. The smallest absolute Gasteiger partial charge is 0.261 e. The first-order valence-electron chi connectivity index (χ1n) is 7.77. The Bertz CT molecular complexity index is 1020. The molecule has 0 bridgehead atoms. The summed E-state index contributed by atoms with van der Waals surface area (Å²) < 4.78 is 22.8. The average molecular weight is 358 g/mol. The van der Waals surface area contributed by atoms with Gasteiger partial charge >= 0.3 is 0 Å². The van der Waals surface area contributed by atoms with Crippen molar-refractivity contribution < 1.29 is 13.2 Å². The standard InChI is InChI=1S/C18H18N2O4S/c1-11-7-12(2)9-13(8-11)16-4-3-15(18(22)20-16)17(21)19-14-5-6-25(23,24)10-14/h3-9,14H,10H2,1-2H3,(H,19,21)(H,20,22)/t14-/m1/s1. The lowest BCUT2D eigenvalue weighted by Gasteiger charge is -2.10. The number of benzene rings is 1. The van der Waals surface area contributed by atoms with Gasteiger partial charge in [0.2, 0.25) is 0 Å². The molecule has 0 aliphatic carbocycles. The van der Waals surface area contributed by atoms with Crippen molar-refractivity contribution in [3.05, 3.63) is 68.9 Å². The highest BCUT2D eigenvalue weighted by molar-refractivity contribution is 7.94. The second kappa shape index (κ2) is 6.33. The fourth-order valence-corrected chi connectivity index (χ4v) is 4.10. The molecule has 1 aliphatic heterocycles. The number of H-pyrrole nitrogens is 1. The molecule has 1 atom stereocenters. The Balaban J connectivity index is 1.84. The predicted molar refractivity (Wildman–Crippen MR) is 96.2 cm³/mol. The van der Waals surface area contributed by atoms with E-state index in [1.165, 1.54) is 12.1 Å². The summed E-state index contributed by atoms with van der Waals surface area (Å²) in [5.41, 5.74) is 3.08. The summed E-state index contributed by atoms with van der Waals surface area (Å²) in [5, 5.41) is 3.62. The first-order chi connectivity index (χ1) is 11.7. The molecule has 1 aliphatic rings. The van der Waals surface area contributed by atoms with E-state index in [9.17, 15) is 18.0 Å². The summed E-state index contributed by atoms with van der Waals surface area (Å²) in [4.78, 5) is 27.2. The van der Waals surface area contributed by atoms with Crippen molar-refractivity contribution in [2.45, 2.75) is 19.9 Å². The predicted octanol–water partition coefficient (Wildman–Crippen LogP) is 1.70. The molecule has 6 nitrogen and oxygen atoms in total. The van der Waals surface area contributed by atoms with Gasteiger partial charge in [-0.05, 0) is 49.8 Å². The van der Waals surface area contributed by atoms with Crippen LogP contribution in [0.2, 0.25) is 0 Å². The van der Waals surface area contributed by atoms with E-state index in [1.54, 1.807) is 6.07 Å². The van der Waals surface area contributed by atoms with Gasteiger partial charge in [-0.3, -0.25) is 9.59 Å². The van der Waals surface area contributed by atoms with Crippen LogP contribution in [0.25, 0.3) is 11.3 Å². The minimum Gasteiger partial charge on any atom is -0.345 e. The first kappa shape index (κ1) is 17.2. The third-order valence-electron chi connectivity index (χ3n) is 3.93. The summed E-state index contributed by atoms with van der Waals surface area (Å²) in [6, 6.07) is 8.45. The molecule has 2 N–H and O–H groups in total. The topological polar surface area (TPSA) is 96.1 Å². The van der Waals surface area contributed by atoms with Crippen LogP contribution >= 0.6 is 0 Å². The minimum absolute atomic E-state index is 0.0502. The monoisotopic (exact) mass is 358 g/mol. The third kappa shape index (κ3) is 3.88. The van der Waals surface area contributed by atoms with E-state index < -0.39 is 27.3 Å². The van der Waals surface area contributed by atoms with Crippen molar-refractivity contribution in [3.63, 3.8) is 0 Å². The molecule has 0 saturated heterocycles. The van der Waals surface area contributed by atoms with Crippen molar-refractivity contribution >= 4 is 15.7 Å². The molecule has 0 saturated carbocycles. The van der Waals surface area contributed by atoms with Crippen molar-refractivity contribution in [3.8, 4) is 11.3 Å². The van der Waals surface area contributed by atoms with Gasteiger partial charge in [0.15, 0.2) is 9.84 Å². The van der Waals surface area contributed by atoms with Crippen molar-refractivity contribution in [1.82, 2.24) is 10.3 Å². The van der Waals surface area contributed by atoms with Crippen molar-refractivity contribution in [2.24, 2.45) is 0 Å². The summed E-state index contributed by atoms with van der Waals surface area (Å²) in [7, 11) is -3.27. The van der Waals surface area contributed by atoms with Gasteiger partial charge in [-0.15, -0.1) is 0 Å². The molecule has 130 valence electrons. The number of hydrogen-bond acceptors (Lipinski definition) is 4. The Morgan fingerprint density at radius 1 is 1.16 bits per heavy atom. The molecule has 2 aromatic rings. The lowest BCUT2D eigenvalue weighted by molar-refractivity contribution is 0.0946. The maximum atomic E-state index is 12.3. The Morgan fingerprint density at radius 3 is 2.40 bits per heavy atom. The van der Waals surface area contributed by atoms with Gasteiger partial charge in [0.05, 0.1) is 11.8 Å². The average Bonchev–Trinajstić information content (AvgIpc) is 2.84. The van der Waals surface area contributed by atoms with Gasteiger partial charge in [-0.2, -0.15) is 0 Å². The molecule has 25 heavy (non-hydrogen) atoms. The number of rotatable bonds is 3. The number of aryl methyl sites for hydroxylation is 2. The zero-order valence-corrected chi connectivity index (χ0v) is 14.7. The Morgan fingerprint density at radius 2 is 1.84 bits per heavy atom. The zero-order valence-electron chi connectivity index (χ0n) is 13.9. The highest BCUT2D eigenvalue weighted by Gasteiger charge is 2.24. The summed E-state index contributed by atoms with van der Waals surface area (Å²) >= 11 is 0. The fraction of sp³-hybridized carbons (Fsp3) is 0.222. The Labute approximate surface area is 145 Å². The van der Waals surface area contributed by atoms with E-state index in [0.717, 1.165) is 22.1 Å². The van der Waals surface area contributed by atoms with Crippen molar-refractivity contribution in [2.75, 3.05) is 5.75 Å². The second-order valence-corrected chi connectivity index (χ2v) is 8.16. The lowest BCUT2D eigenvalue weighted by atomic mass is 10.0. The molecule has 1 aromatic carbocycles. The van der Waals surface area contributed by atoms with Gasteiger partial charge < -0.3 is 10.3 Å². The van der Waals surface area contributed by atoms with Crippen LogP contribution < -0.4 is 10.9 Å². The number of pyridine rings is 1. The molecule has 3 rings (SSSR count). The second-order valence-electron chi connectivity index (χ2n) is 6.23. The van der Waals surface area contributed by atoms with E-state index in [-0.39, 0.29) is 11.3 Å². The quantitative estimate of drug-likeness (QED) is 0.873. The van der Waals surface area contributed by atoms with Crippen LogP contribution in [0.3, 0.4) is 0 Å². The van der Waals surface area contributed by atoms with Crippen LogP contribution in [0.15, 0.2) is 46.6 Å². The van der Waals surface area contributed by atoms with E-state index in [4.69, 9.17) is 0 Å². The molecule has 0 spiro atoms. The molecule has 0 radical (unpaired) electrons. The van der Waals surface area contributed by atoms with Gasteiger partial charge in [0.1, 0.15) is 5.56 Å². The summed E-state index contributed by atoms with van der Waals surface area (Å²) in [6.07, 6.45) is 1.41. The zero-order chi connectivity index (χ0) is 18.2. The molecule has 1 amide bonds. The molecule has 0 fully saturated rings. The molecule has 7 heteroatoms. The number of aromatic amines is 1. The lowest BCUT2D eigenvalue weighted by Crippen LogP contribution is -2.38. The minimum atomic E-state index is -3.27. The van der Waals surface area contributed by atoms with E-state index in [0.29, 0.717) is 5.69 Å². The number of carbonyl (C=O) groups excluding carboxylic acids is 1. The maximum Gasteiger partial charge on any atom is 0.261 e. The highest BCUT2D eigenvalue weighted by atomic mass is 32.2. The van der Waals surface area contributed by atoms with E-state index >= 15 is 0 Å². The molecular formula is C18H18N2O4S. The number of aromatic nitrogens is 1. The molecule has 0 unspecified atom stereocenters. The maximum absolute atomic E-state index is 12.3. The Hall–Kier alpha value is -2.67. The van der Waals surface area contributed by atoms with Gasteiger partial charge in [-0.25, -0.2) is 8.42 Å². The van der Waals surface area contributed by atoms with E-state index in [2.05, 4.69) is 10.3 Å². The van der Waals surface area contributed by atoms with Crippen molar-refractivity contribution in [1.29, 1.82) is 0 Å². The fourth-order valence-electron chi connectivity index (χ4n) is 2.86. The number of nitrogens with one attached hydrogen (secondary N) is 2. The SMILES string of the molecule is Cc1cc(C)cc(-c2ccc(C(=O)N[C@@H]3C=CS(=O)(=O)C3)c(=O)[nH]2)c1. The summed E-state index contributed by atoms with van der Waals surface area (Å²) in [6.45, 7) is 3.94. The third-order valence-corrected chi connectivity index (χ3v) is 5.33. The van der Waals surface area contributed by atoms with Crippen LogP contribution in [0.1, 0.15) is 21.5 Å². The van der Waals surface area contributed by atoms with Crippen LogP contribution in [-0.2, 0) is 9.84 Å². The normalized spacial score (nSPS) is 18.2. The number of hydrogen-bond donors (Lipinski definition) is 2. The Kier molecular flexibility index (Phi) is 4.34. The van der Waals surface area contributed by atoms with Gasteiger partial charge in [-0.1, -0.05) is 17.2 Å². The van der Waals surface area contributed by atoms with Crippen LogP contribution in [-0.4, -0.2) is 31.1 Å². The van der Waals surface area contributed by atoms with Crippen LogP contribution in [0.4, 0.5) is 0 Å². The molecule has 2 heterocycles. The van der Waals surface area contributed by atoms with Crippen LogP contribution in [0, 0.1) is 13.8 Å². The summed E-state index contributed by atoms with van der Waals surface area (Å²) in [5.74, 6) is -0.780. The largest absolute Gasteiger partial charge is 0.345 e.